The summed E-state index contributed by atoms with van der Waals surface area (Å²) in [5.41, 5.74) is 0.504. The normalized spacial score (nSPS) is 18.4. The number of halogens is 2. The van der Waals surface area contributed by atoms with Crippen LogP contribution in [0.2, 0.25) is 10.0 Å². The Morgan fingerprint density at radius 2 is 2.00 bits per heavy atom. The van der Waals surface area contributed by atoms with Crippen LogP contribution >= 0.6 is 47.2 Å². The lowest BCUT2D eigenvalue weighted by molar-refractivity contribution is -0.144. The Morgan fingerprint density at radius 1 is 1.43 bits per heavy atom. The average Bonchev–Trinajstić information content (AvgIpc) is 2.68. The van der Waals surface area contributed by atoms with Crippen molar-refractivity contribution in [1.29, 1.82) is 0 Å². The SMILES string of the molecule is CC(C(=O)O)N1C(=O)C(=Cc2c(Cl)cccc2Cl)SC1=S. The summed E-state index contributed by atoms with van der Waals surface area (Å²) in [5.74, 6) is -1.58. The van der Waals surface area contributed by atoms with Gasteiger partial charge in [0, 0.05) is 15.6 Å². The molecular weight excluding hydrogens is 353 g/mol. The highest BCUT2D eigenvalue weighted by molar-refractivity contribution is 8.26. The Kier molecular flexibility index (Phi) is 4.93. The van der Waals surface area contributed by atoms with Crippen LogP contribution in [0, 0.1) is 0 Å². The lowest BCUT2D eigenvalue weighted by atomic mass is 10.2. The Labute approximate surface area is 140 Å². The molecule has 1 amide bonds. The molecule has 110 valence electrons. The zero-order chi connectivity index (χ0) is 15.7. The first kappa shape index (κ1) is 16.3. The van der Waals surface area contributed by atoms with E-state index < -0.39 is 17.9 Å². The van der Waals surface area contributed by atoms with Gasteiger partial charge in [0.2, 0.25) is 0 Å². The van der Waals surface area contributed by atoms with Crippen molar-refractivity contribution in [2.24, 2.45) is 0 Å². The molecule has 1 aliphatic heterocycles. The van der Waals surface area contributed by atoms with Crippen molar-refractivity contribution < 1.29 is 14.7 Å². The molecule has 1 atom stereocenters. The molecule has 1 heterocycles. The smallest absolute Gasteiger partial charge is 0.326 e. The third-order valence-corrected chi connectivity index (χ3v) is 4.83. The first-order valence-electron chi connectivity index (χ1n) is 5.76. The molecule has 8 heteroatoms. The van der Waals surface area contributed by atoms with Crippen molar-refractivity contribution >= 4 is 69.5 Å². The number of thioether (sulfide) groups is 1. The highest BCUT2D eigenvalue weighted by Gasteiger charge is 2.38. The summed E-state index contributed by atoms with van der Waals surface area (Å²) < 4.78 is 0.198. The minimum absolute atomic E-state index is 0.198. The van der Waals surface area contributed by atoms with E-state index in [0.29, 0.717) is 20.5 Å². The van der Waals surface area contributed by atoms with Gasteiger partial charge in [0.25, 0.3) is 5.91 Å². The van der Waals surface area contributed by atoms with E-state index >= 15 is 0 Å². The number of aliphatic carboxylic acids is 1. The molecule has 0 spiro atoms. The molecule has 4 nitrogen and oxygen atoms in total. The van der Waals surface area contributed by atoms with Gasteiger partial charge >= 0.3 is 5.97 Å². The van der Waals surface area contributed by atoms with Crippen molar-refractivity contribution in [3.63, 3.8) is 0 Å². The van der Waals surface area contributed by atoms with E-state index in [1.165, 1.54) is 13.0 Å². The third-order valence-electron chi connectivity index (χ3n) is 2.84. The van der Waals surface area contributed by atoms with Gasteiger partial charge in [-0.15, -0.1) is 0 Å². The number of hydrogen-bond acceptors (Lipinski definition) is 4. The van der Waals surface area contributed by atoms with Crippen LogP contribution in [0.4, 0.5) is 0 Å². The fraction of sp³-hybridized carbons (Fsp3) is 0.154. The molecule has 0 saturated carbocycles. The van der Waals surface area contributed by atoms with Crippen molar-refractivity contribution in [3.8, 4) is 0 Å². The van der Waals surface area contributed by atoms with E-state index in [1.807, 2.05) is 0 Å². The number of thiocarbonyl (C=S) groups is 1. The first-order chi connectivity index (χ1) is 9.82. The number of hydrogen-bond donors (Lipinski definition) is 1. The van der Waals surface area contributed by atoms with Gasteiger partial charge in [0.1, 0.15) is 10.4 Å². The van der Waals surface area contributed by atoms with Crippen LogP contribution in [0.15, 0.2) is 23.1 Å². The quantitative estimate of drug-likeness (QED) is 0.657. The van der Waals surface area contributed by atoms with E-state index in [4.69, 9.17) is 40.5 Å². The van der Waals surface area contributed by atoms with Gasteiger partial charge in [-0.3, -0.25) is 9.69 Å². The number of carboxylic acids is 1. The second-order valence-corrected chi connectivity index (χ2v) is 6.69. The summed E-state index contributed by atoms with van der Waals surface area (Å²) in [4.78, 5) is 24.7. The van der Waals surface area contributed by atoms with Crippen LogP contribution in [0.1, 0.15) is 12.5 Å². The van der Waals surface area contributed by atoms with Gasteiger partial charge in [-0.1, -0.05) is 53.2 Å². The monoisotopic (exact) mass is 361 g/mol. The summed E-state index contributed by atoms with van der Waals surface area (Å²) in [6, 6.07) is 3.98. The zero-order valence-corrected chi connectivity index (χ0v) is 13.8. The van der Waals surface area contributed by atoms with E-state index in [0.717, 1.165) is 16.7 Å². The average molecular weight is 362 g/mol. The van der Waals surface area contributed by atoms with E-state index in [2.05, 4.69) is 0 Å². The van der Waals surface area contributed by atoms with Crippen LogP contribution in [0.25, 0.3) is 6.08 Å². The van der Waals surface area contributed by atoms with Gasteiger partial charge in [-0.25, -0.2) is 4.79 Å². The maximum Gasteiger partial charge on any atom is 0.326 e. The number of rotatable bonds is 3. The van der Waals surface area contributed by atoms with Crippen LogP contribution in [-0.4, -0.2) is 32.2 Å². The highest BCUT2D eigenvalue weighted by Crippen LogP contribution is 2.36. The third kappa shape index (κ3) is 3.23. The molecule has 1 aromatic rings. The summed E-state index contributed by atoms with van der Waals surface area (Å²) in [6.45, 7) is 1.40. The first-order valence-corrected chi connectivity index (χ1v) is 7.75. The van der Waals surface area contributed by atoms with Crippen LogP contribution in [0.3, 0.4) is 0 Å². The van der Waals surface area contributed by atoms with Gasteiger partial charge < -0.3 is 5.11 Å². The number of amides is 1. The van der Waals surface area contributed by atoms with Crippen LogP contribution in [-0.2, 0) is 9.59 Å². The number of nitrogens with zero attached hydrogens (tertiary/aromatic N) is 1. The minimum atomic E-state index is -1.12. The van der Waals surface area contributed by atoms with Gasteiger partial charge in [-0.05, 0) is 25.1 Å². The summed E-state index contributed by atoms with van der Waals surface area (Å²) >= 11 is 18.2. The molecule has 0 aromatic heterocycles. The molecule has 0 radical (unpaired) electrons. The molecular formula is C13H9Cl2NO3S2. The van der Waals surface area contributed by atoms with Gasteiger partial charge in [0.05, 0.1) is 4.91 Å². The highest BCUT2D eigenvalue weighted by atomic mass is 35.5. The Balaban J connectivity index is 2.39. The molecule has 0 bridgehead atoms. The lowest BCUT2D eigenvalue weighted by Crippen LogP contribution is -2.41. The van der Waals surface area contributed by atoms with Crippen molar-refractivity contribution in [1.82, 2.24) is 4.90 Å². The van der Waals surface area contributed by atoms with Crippen molar-refractivity contribution in [3.05, 3.63) is 38.7 Å². The number of carbonyl (C=O) groups excluding carboxylic acids is 1. The van der Waals surface area contributed by atoms with Gasteiger partial charge in [-0.2, -0.15) is 0 Å². The molecule has 1 aromatic carbocycles. The maximum absolute atomic E-state index is 12.3. The standard InChI is InChI=1S/C13H9Cl2NO3S2/c1-6(12(18)19)16-11(17)10(21-13(16)20)5-7-8(14)3-2-4-9(7)15/h2-6H,1H3,(H,18,19). The summed E-state index contributed by atoms with van der Waals surface area (Å²) in [6.07, 6.45) is 1.53. The number of carboxylic acid groups (broad SMARTS) is 1. The maximum atomic E-state index is 12.3. The molecule has 1 unspecified atom stereocenters. The molecule has 0 aliphatic carbocycles. The number of benzene rings is 1. The fourth-order valence-corrected chi connectivity index (χ4v) is 3.61. The lowest BCUT2D eigenvalue weighted by Gasteiger charge is -2.18. The summed E-state index contributed by atoms with van der Waals surface area (Å²) in [7, 11) is 0. The molecule has 1 aliphatic rings. The van der Waals surface area contributed by atoms with Crippen molar-refractivity contribution in [2.75, 3.05) is 0 Å². The number of carbonyl (C=O) groups is 2. The summed E-state index contributed by atoms with van der Waals surface area (Å²) in [5, 5.41) is 9.82. The topological polar surface area (TPSA) is 57.6 Å². The van der Waals surface area contributed by atoms with E-state index in [9.17, 15) is 9.59 Å². The van der Waals surface area contributed by atoms with Gasteiger partial charge in [0.15, 0.2) is 0 Å². The Hall–Kier alpha value is -1.08. The predicted molar refractivity (Wildman–Crippen MR) is 88.6 cm³/mol. The van der Waals surface area contributed by atoms with Crippen LogP contribution in [0.5, 0.6) is 0 Å². The van der Waals surface area contributed by atoms with Crippen LogP contribution < -0.4 is 0 Å². The second-order valence-electron chi connectivity index (χ2n) is 4.20. The molecule has 21 heavy (non-hydrogen) atoms. The Morgan fingerprint density at radius 3 is 2.52 bits per heavy atom. The predicted octanol–water partition coefficient (Wildman–Crippen LogP) is 3.67. The fourth-order valence-electron chi connectivity index (χ4n) is 1.70. The molecule has 1 fully saturated rings. The molecule has 2 rings (SSSR count). The van der Waals surface area contributed by atoms with E-state index in [1.54, 1.807) is 18.2 Å². The van der Waals surface area contributed by atoms with E-state index in [-0.39, 0.29) is 4.32 Å². The zero-order valence-electron chi connectivity index (χ0n) is 10.7. The largest absolute Gasteiger partial charge is 0.480 e. The van der Waals surface area contributed by atoms with Crippen molar-refractivity contribution in [2.45, 2.75) is 13.0 Å². The second kappa shape index (κ2) is 6.36. The molecule has 1 N–H and O–H groups in total. The molecule has 1 saturated heterocycles. The minimum Gasteiger partial charge on any atom is -0.480 e. The Bertz CT molecular complexity index is 655.